The van der Waals surface area contributed by atoms with Gasteiger partial charge in [0.15, 0.2) is 0 Å². The molecular formula is C23H20ClNO5. The second kappa shape index (κ2) is 8.32. The molecule has 1 unspecified atom stereocenters. The van der Waals surface area contributed by atoms with E-state index in [-0.39, 0.29) is 18.9 Å². The van der Waals surface area contributed by atoms with Gasteiger partial charge in [-0.1, -0.05) is 41.9 Å². The number of aryl methyl sites for hydroxylation is 1. The molecule has 1 atom stereocenters. The summed E-state index contributed by atoms with van der Waals surface area (Å²) in [6, 6.07) is 14.3. The van der Waals surface area contributed by atoms with Gasteiger partial charge in [0, 0.05) is 41.5 Å². The van der Waals surface area contributed by atoms with Crippen molar-refractivity contribution in [3.05, 3.63) is 80.7 Å². The second-order valence-electron chi connectivity index (χ2n) is 7.46. The number of hydrogen-bond donors (Lipinski definition) is 0. The predicted octanol–water partition coefficient (Wildman–Crippen LogP) is 3.85. The van der Waals surface area contributed by atoms with Crippen LogP contribution >= 0.6 is 11.6 Å². The average Bonchev–Trinajstić information content (AvgIpc) is 3.08. The van der Waals surface area contributed by atoms with E-state index in [2.05, 4.69) is 0 Å². The first-order valence-corrected chi connectivity index (χ1v) is 9.99. The molecule has 0 saturated carbocycles. The molecule has 4 rings (SSSR count). The molecular weight excluding hydrogens is 406 g/mol. The first-order valence-electron chi connectivity index (χ1n) is 9.62. The average molecular weight is 426 g/mol. The normalized spacial score (nSPS) is 16.3. The third-order valence-corrected chi connectivity index (χ3v) is 5.65. The van der Waals surface area contributed by atoms with Crippen LogP contribution in [0.25, 0.3) is 11.0 Å². The number of carbonyl (C=O) groups is 2. The molecule has 0 N–H and O–H groups in total. The van der Waals surface area contributed by atoms with E-state index in [1.165, 1.54) is 6.07 Å². The van der Waals surface area contributed by atoms with E-state index < -0.39 is 17.5 Å². The van der Waals surface area contributed by atoms with Crippen molar-refractivity contribution in [2.45, 2.75) is 26.5 Å². The van der Waals surface area contributed by atoms with Gasteiger partial charge in [-0.3, -0.25) is 9.59 Å². The number of ether oxygens (including phenoxy) is 1. The van der Waals surface area contributed by atoms with Crippen molar-refractivity contribution in [1.82, 2.24) is 4.90 Å². The van der Waals surface area contributed by atoms with Crippen LogP contribution in [-0.4, -0.2) is 23.3 Å². The number of likely N-dealkylation sites (tertiary alicyclic amines) is 1. The Kier molecular flexibility index (Phi) is 5.59. The molecule has 3 aromatic rings. The topological polar surface area (TPSA) is 76.8 Å². The van der Waals surface area contributed by atoms with E-state index in [9.17, 15) is 14.4 Å². The molecule has 0 bridgehead atoms. The smallest absolute Gasteiger partial charge is 0.336 e. The van der Waals surface area contributed by atoms with Crippen LogP contribution in [0.5, 0.6) is 0 Å². The fourth-order valence-electron chi connectivity index (χ4n) is 3.62. The Morgan fingerprint density at radius 2 is 1.97 bits per heavy atom. The van der Waals surface area contributed by atoms with Crippen molar-refractivity contribution in [3.8, 4) is 0 Å². The van der Waals surface area contributed by atoms with Crippen molar-refractivity contribution >= 4 is 34.4 Å². The summed E-state index contributed by atoms with van der Waals surface area (Å²) >= 11 is 6.19. The Balaban J connectivity index is 1.44. The van der Waals surface area contributed by atoms with Gasteiger partial charge in [-0.05, 0) is 30.2 Å². The van der Waals surface area contributed by atoms with Crippen molar-refractivity contribution in [2.24, 2.45) is 5.92 Å². The summed E-state index contributed by atoms with van der Waals surface area (Å²) in [6.45, 7) is 2.50. The maximum absolute atomic E-state index is 12.6. The Bertz CT molecular complexity index is 1170. The number of esters is 1. The molecule has 1 amide bonds. The number of amides is 1. The van der Waals surface area contributed by atoms with Crippen LogP contribution in [0.3, 0.4) is 0 Å². The molecule has 0 aliphatic carbocycles. The van der Waals surface area contributed by atoms with Gasteiger partial charge in [-0.15, -0.1) is 0 Å². The highest BCUT2D eigenvalue weighted by atomic mass is 35.5. The number of benzene rings is 2. The molecule has 30 heavy (non-hydrogen) atoms. The summed E-state index contributed by atoms with van der Waals surface area (Å²) in [5.74, 6) is -1.06. The number of hydrogen-bond acceptors (Lipinski definition) is 5. The van der Waals surface area contributed by atoms with Crippen LogP contribution in [0.1, 0.15) is 23.1 Å². The highest BCUT2D eigenvalue weighted by molar-refractivity contribution is 6.32. The van der Waals surface area contributed by atoms with Gasteiger partial charge in [-0.25, -0.2) is 4.79 Å². The van der Waals surface area contributed by atoms with E-state index in [0.29, 0.717) is 34.6 Å². The van der Waals surface area contributed by atoms with Crippen LogP contribution < -0.4 is 5.63 Å². The lowest BCUT2D eigenvalue weighted by Crippen LogP contribution is -2.26. The second-order valence-corrected chi connectivity index (χ2v) is 7.86. The summed E-state index contributed by atoms with van der Waals surface area (Å²) in [5, 5.41) is 1.15. The van der Waals surface area contributed by atoms with Gasteiger partial charge in [0.1, 0.15) is 12.2 Å². The molecule has 2 heterocycles. The molecule has 6 nitrogen and oxygen atoms in total. The number of fused-ring (bicyclic) bond motifs is 1. The Hall–Kier alpha value is -3.12. The van der Waals surface area contributed by atoms with Gasteiger partial charge < -0.3 is 14.1 Å². The van der Waals surface area contributed by atoms with E-state index in [1.807, 2.05) is 37.3 Å². The SMILES string of the molecule is Cc1cc2oc(=O)cc(COC(=O)C3CC(=O)N(Cc4ccccc4)C3)c2cc1Cl. The summed E-state index contributed by atoms with van der Waals surface area (Å²) in [7, 11) is 0. The standard InChI is InChI=1S/C23H20ClNO5/c1-14-7-20-18(10-19(14)24)17(9-22(27)30-20)13-29-23(28)16-8-21(26)25(12-16)11-15-5-3-2-4-6-15/h2-7,9-10,16H,8,11-13H2,1H3. The molecule has 0 radical (unpaired) electrons. The maximum atomic E-state index is 12.6. The highest BCUT2D eigenvalue weighted by Crippen LogP contribution is 2.26. The first-order chi connectivity index (χ1) is 14.4. The van der Waals surface area contributed by atoms with E-state index in [1.54, 1.807) is 17.0 Å². The molecule has 1 aliphatic rings. The molecule has 0 spiro atoms. The van der Waals surface area contributed by atoms with Gasteiger partial charge in [0.2, 0.25) is 5.91 Å². The van der Waals surface area contributed by atoms with Gasteiger partial charge in [0.25, 0.3) is 0 Å². The highest BCUT2D eigenvalue weighted by Gasteiger charge is 2.35. The zero-order valence-electron chi connectivity index (χ0n) is 16.4. The molecule has 1 saturated heterocycles. The number of halogens is 1. The summed E-state index contributed by atoms with van der Waals surface area (Å²) < 4.78 is 10.7. The molecule has 1 fully saturated rings. The van der Waals surface area contributed by atoms with Crippen molar-refractivity contribution in [2.75, 3.05) is 6.54 Å². The van der Waals surface area contributed by atoms with Gasteiger partial charge >= 0.3 is 11.6 Å². The quantitative estimate of drug-likeness (QED) is 0.458. The van der Waals surface area contributed by atoms with Crippen molar-refractivity contribution in [3.63, 3.8) is 0 Å². The van der Waals surface area contributed by atoms with Gasteiger partial charge in [-0.2, -0.15) is 0 Å². The minimum Gasteiger partial charge on any atom is -0.461 e. The minimum absolute atomic E-state index is 0.0751. The monoisotopic (exact) mass is 425 g/mol. The van der Waals surface area contributed by atoms with Crippen LogP contribution in [0.4, 0.5) is 0 Å². The fraction of sp³-hybridized carbons (Fsp3) is 0.261. The molecule has 154 valence electrons. The number of rotatable bonds is 5. The summed E-state index contributed by atoms with van der Waals surface area (Å²) in [5.41, 5.74) is 2.17. The number of nitrogens with zero attached hydrogens (tertiary/aromatic N) is 1. The lowest BCUT2D eigenvalue weighted by molar-refractivity contribution is -0.149. The van der Waals surface area contributed by atoms with Gasteiger partial charge in [0.05, 0.1) is 5.92 Å². The zero-order chi connectivity index (χ0) is 21.3. The fourth-order valence-corrected chi connectivity index (χ4v) is 3.78. The molecule has 1 aliphatic heterocycles. The Morgan fingerprint density at radius 3 is 2.73 bits per heavy atom. The number of carbonyl (C=O) groups excluding carboxylic acids is 2. The van der Waals surface area contributed by atoms with E-state index in [0.717, 1.165) is 11.1 Å². The van der Waals surface area contributed by atoms with E-state index in [4.69, 9.17) is 20.8 Å². The van der Waals surface area contributed by atoms with E-state index >= 15 is 0 Å². The van der Waals surface area contributed by atoms with Crippen LogP contribution in [-0.2, 0) is 27.5 Å². The zero-order valence-corrected chi connectivity index (χ0v) is 17.1. The van der Waals surface area contributed by atoms with Crippen molar-refractivity contribution < 1.29 is 18.7 Å². The predicted molar refractivity (Wildman–Crippen MR) is 112 cm³/mol. The van der Waals surface area contributed by atoms with Crippen LogP contribution in [0.2, 0.25) is 5.02 Å². The van der Waals surface area contributed by atoms with Crippen LogP contribution in [0.15, 0.2) is 57.7 Å². The maximum Gasteiger partial charge on any atom is 0.336 e. The molecule has 2 aromatic carbocycles. The van der Waals surface area contributed by atoms with Crippen LogP contribution in [0, 0.1) is 12.8 Å². The Labute approximate surface area is 178 Å². The first kappa shape index (κ1) is 20.2. The lowest BCUT2D eigenvalue weighted by atomic mass is 10.1. The summed E-state index contributed by atoms with van der Waals surface area (Å²) in [6.07, 6.45) is 0.119. The Morgan fingerprint density at radius 1 is 1.20 bits per heavy atom. The minimum atomic E-state index is -0.529. The third-order valence-electron chi connectivity index (χ3n) is 5.24. The molecule has 7 heteroatoms. The van der Waals surface area contributed by atoms with Crippen molar-refractivity contribution in [1.29, 1.82) is 0 Å². The third kappa shape index (κ3) is 4.24. The largest absolute Gasteiger partial charge is 0.461 e. The molecule has 1 aromatic heterocycles. The lowest BCUT2D eigenvalue weighted by Gasteiger charge is -2.16. The summed E-state index contributed by atoms with van der Waals surface area (Å²) in [4.78, 5) is 38.4.